The van der Waals surface area contributed by atoms with Gasteiger partial charge in [-0.15, -0.1) is 9.46 Å². The first-order chi connectivity index (χ1) is 8.13. The number of nitrogen functional groups attached to an aromatic ring is 1. The van der Waals surface area contributed by atoms with Crippen LogP contribution in [0.4, 0.5) is 11.4 Å². The quantitative estimate of drug-likeness (QED) is 0.363. The van der Waals surface area contributed by atoms with Gasteiger partial charge in [-0.05, 0) is 12.1 Å². The van der Waals surface area contributed by atoms with Crippen molar-refractivity contribution in [1.29, 1.82) is 0 Å². The molecule has 7 nitrogen and oxygen atoms in total. The van der Waals surface area contributed by atoms with E-state index in [0.29, 0.717) is 32.8 Å². The van der Waals surface area contributed by atoms with Crippen molar-refractivity contribution in [3.8, 4) is 0 Å². The number of anilines is 2. The van der Waals surface area contributed by atoms with Crippen LogP contribution in [0, 0.1) is 10.4 Å². The fraction of sp³-hybridized carbons (Fsp3) is 0.200. The molecule has 0 bridgehead atoms. The summed E-state index contributed by atoms with van der Waals surface area (Å²) in [4.78, 5) is 0. The average Bonchev–Trinajstić information content (AvgIpc) is 2.27. The van der Waals surface area contributed by atoms with Crippen LogP contribution in [-0.2, 0) is 0 Å². The van der Waals surface area contributed by atoms with Gasteiger partial charge in [0.2, 0.25) is 6.20 Å². The highest BCUT2D eigenvalue weighted by molar-refractivity contribution is 5.95. The van der Waals surface area contributed by atoms with E-state index >= 15 is 0 Å². The van der Waals surface area contributed by atoms with Crippen LogP contribution in [-0.4, -0.2) is 18.3 Å². The SMILES string of the molecule is Nc1ccc(NCCO)c2c[n+]([O-])c[n+]([O-])c12. The van der Waals surface area contributed by atoms with Gasteiger partial charge in [-0.2, -0.15) is 0 Å². The van der Waals surface area contributed by atoms with E-state index in [2.05, 4.69) is 5.32 Å². The maximum atomic E-state index is 11.6. The maximum Gasteiger partial charge on any atom is 0.430 e. The number of hydrogen-bond acceptors (Lipinski definition) is 5. The van der Waals surface area contributed by atoms with Crippen LogP contribution in [0.1, 0.15) is 0 Å². The van der Waals surface area contributed by atoms with Gasteiger partial charge >= 0.3 is 6.33 Å². The number of fused-ring (bicyclic) bond motifs is 1. The second-order valence-electron chi connectivity index (χ2n) is 3.55. The first-order valence-corrected chi connectivity index (χ1v) is 5.02. The monoisotopic (exact) mass is 236 g/mol. The Hall–Kier alpha value is -2.28. The number of aliphatic hydroxyl groups excluding tert-OH is 1. The molecule has 2 aromatic rings. The first kappa shape index (κ1) is 11.2. The second-order valence-corrected chi connectivity index (χ2v) is 3.55. The molecule has 4 N–H and O–H groups in total. The number of nitrogens with zero attached hydrogens (tertiary/aromatic N) is 2. The molecule has 0 spiro atoms. The number of hydrogen-bond donors (Lipinski definition) is 3. The highest BCUT2D eigenvalue weighted by atomic mass is 16.5. The molecule has 0 aliphatic carbocycles. The lowest BCUT2D eigenvalue weighted by Crippen LogP contribution is -2.41. The molecule has 0 aliphatic heterocycles. The molecule has 0 fully saturated rings. The van der Waals surface area contributed by atoms with Crippen LogP contribution >= 0.6 is 0 Å². The molecular weight excluding hydrogens is 224 g/mol. The average molecular weight is 236 g/mol. The molecule has 7 heteroatoms. The minimum absolute atomic E-state index is 0.0482. The Labute approximate surface area is 96.9 Å². The molecule has 17 heavy (non-hydrogen) atoms. The summed E-state index contributed by atoms with van der Waals surface area (Å²) in [5, 5.41) is 34.9. The van der Waals surface area contributed by atoms with Crippen molar-refractivity contribution in [2.45, 2.75) is 0 Å². The normalized spacial score (nSPS) is 10.6. The van der Waals surface area contributed by atoms with Crippen LogP contribution in [0.5, 0.6) is 0 Å². The molecule has 90 valence electrons. The summed E-state index contributed by atoms with van der Waals surface area (Å²) in [7, 11) is 0. The van der Waals surface area contributed by atoms with E-state index in [9.17, 15) is 10.4 Å². The predicted molar refractivity (Wildman–Crippen MR) is 61.9 cm³/mol. The van der Waals surface area contributed by atoms with Gasteiger partial charge in [0.05, 0.1) is 12.3 Å². The second kappa shape index (κ2) is 4.30. The van der Waals surface area contributed by atoms with E-state index in [-0.39, 0.29) is 12.1 Å². The highest BCUT2D eigenvalue weighted by Gasteiger charge is 2.16. The van der Waals surface area contributed by atoms with Gasteiger partial charge in [0, 0.05) is 6.54 Å². The molecule has 0 saturated carbocycles. The minimum atomic E-state index is -0.0482. The van der Waals surface area contributed by atoms with Crippen molar-refractivity contribution < 1.29 is 14.6 Å². The van der Waals surface area contributed by atoms with Gasteiger partial charge in [-0.1, -0.05) is 0 Å². The number of rotatable bonds is 3. The number of nitrogens with two attached hydrogens (primary N) is 1. The Morgan fingerprint density at radius 3 is 2.82 bits per heavy atom. The Bertz CT molecular complexity index is 559. The third kappa shape index (κ3) is 2.00. The van der Waals surface area contributed by atoms with Crippen molar-refractivity contribution in [3.05, 3.63) is 35.1 Å². The van der Waals surface area contributed by atoms with Gasteiger partial charge in [0.1, 0.15) is 11.1 Å². The topological polar surface area (TPSA) is 112 Å². The minimum Gasteiger partial charge on any atom is -0.614 e. The fourth-order valence-electron chi connectivity index (χ4n) is 1.67. The van der Waals surface area contributed by atoms with Crippen LogP contribution in [0.15, 0.2) is 24.7 Å². The number of benzene rings is 1. The summed E-state index contributed by atoms with van der Waals surface area (Å²) < 4.78 is 0.848. The lowest BCUT2D eigenvalue weighted by atomic mass is 10.2. The highest BCUT2D eigenvalue weighted by Crippen LogP contribution is 2.24. The van der Waals surface area contributed by atoms with Gasteiger partial charge < -0.3 is 26.6 Å². The Balaban J connectivity index is 2.66. The van der Waals surface area contributed by atoms with Crippen molar-refractivity contribution in [2.24, 2.45) is 0 Å². The van der Waals surface area contributed by atoms with E-state index in [1.165, 1.54) is 6.20 Å². The van der Waals surface area contributed by atoms with Gasteiger partial charge in [0.15, 0.2) is 0 Å². The van der Waals surface area contributed by atoms with Gasteiger partial charge in [0.25, 0.3) is 5.52 Å². The number of nitrogens with one attached hydrogen (secondary N) is 1. The van der Waals surface area contributed by atoms with Crippen LogP contribution in [0.2, 0.25) is 0 Å². The molecule has 0 atom stereocenters. The lowest BCUT2D eigenvalue weighted by Gasteiger charge is -2.09. The Morgan fingerprint density at radius 1 is 1.35 bits per heavy atom. The standard InChI is InChI=1S/C10H12N4O3/c11-8-1-2-9(12-3-4-15)7-5-13(16)6-14(17)10(7)8/h1-2,5-6,12,15H,3-4,11H2. The van der Waals surface area contributed by atoms with Gasteiger partial charge in [-0.3, -0.25) is 0 Å². The van der Waals surface area contributed by atoms with Crippen molar-refractivity contribution in [1.82, 2.24) is 0 Å². The summed E-state index contributed by atoms with van der Waals surface area (Å²) in [6.07, 6.45) is 2.12. The third-order valence-corrected chi connectivity index (χ3v) is 2.37. The molecule has 0 saturated heterocycles. The summed E-state index contributed by atoms with van der Waals surface area (Å²) in [6, 6.07) is 3.24. The molecule has 1 aromatic carbocycles. The number of aliphatic hydroxyl groups is 1. The lowest BCUT2D eigenvalue weighted by molar-refractivity contribution is -0.730. The first-order valence-electron chi connectivity index (χ1n) is 5.02. The summed E-state index contributed by atoms with van der Waals surface area (Å²) in [6.45, 7) is 0.277. The van der Waals surface area contributed by atoms with Crippen LogP contribution in [0.3, 0.4) is 0 Å². The summed E-state index contributed by atoms with van der Waals surface area (Å²) in [5.41, 5.74) is 6.81. The molecular formula is C10H12N4O3. The molecule has 0 aliphatic rings. The van der Waals surface area contributed by atoms with E-state index in [4.69, 9.17) is 10.8 Å². The maximum absolute atomic E-state index is 11.6. The fourth-order valence-corrected chi connectivity index (χ4v) is 1.67. The summed E-state index contributed by atoms with van der Waals surface area (Å²) in [5.74, 6) is 0. The summed E-state index contributed by atoms with van der Waals surface area (Å²) >= 11 is 0. The molecule has 2 rings (SSSR count). The van der Waals surface area contributed by atoms with E-state index in [1.54, 1.807) is 12.1 Å². The van der Waals surface area contributed by atoms with Crippen molar-refractivity contribution in [2.75, 3.05) is 24.2 Å². The molecule has 0 unspecified atom stereocenters. The molecule has 1 aromatic heterocycles. The van der Waals surface area contributed by atoms with Gasteiger partial charge in [-0.25, -0.2) is 0 Å². The van der Waals surface area contributed by atoms with Crippen LogP contribution < -0.4 is 20.5 Å². The Morgan fingerprint density at radius 2 is 2.12 bits per heavy atom. The molecule has 0 radical (unpaired) electrons. The zero-order chi connectivity index (χ0) is 12.4. The molecule has 0 amide bonds. The van der Waals surface area contributed by atoms with Crippen LogP contribution in [0.25, 0.3) is 10.9 Å². The van der Waals surface area contributed by atoms with E-state index in [1.807, 2.05) is 0 Å². The van der Waals surface area contributed by atoms with E-state index < -0.39 is 0 Å². The third-order valence-electron chi connectivity index (χ3n) is 2.37. The predicted octanol–water partition coefficient (Wildman–Crippen LogP) is -0.907. The van der Waals surface area contributed by atoms with E-state index in [0.717, 1.165) is 6.33 Å². The Kier molecular flexibility index (Phi) is 2.84. The van der Waals surface area contributed by atoms with Crippen molar-refractivity contribution in [3.63, 3.8) is 0 Å². The molecule has 1 heterocycles. The zero-order valence-electron chi connectivity index (χ0n) is 8.96. The smallest absolute Gasteiger partial charge is 0.430 e. The largest absolute Gasteiger partial charge is 0.614 e. The zero-order valence-corrected chi connectivity index (χ0v) is 8.96. The van der Waals surface area contributed by atoms with Crippen molar-refractivity contribution >= 4 is 22.3 Å². The number of aromatic nitrogens is 2.